The van der Waals surface area contributed by atoms with Gasteiger partial charge in [0.2, 0.25) is 5.91 Å². The molecule has 0 spiro atoms. The number of hydrogen-bond acceptors (Lipinski definition) is 4. The average molecular weight is 393 g/mol. The van der Waals surface area contributed by atoms with E-state index >= 15 is 0 Å². The summed E-state index contributed by atoms with van der Waals surface area (Å²) in [6.45, 7) is 3.97. The van der Waals surface area contributed by atoms with Gasteiger partial charge in [-0.15, -0.1) is 6.58 Å². The number of aromatic amines is 1. The van der Waals surface area contributed by atoms with Crippen molar-refractivity contribution in [1.29, 1.82) is 0 Å². The number of carbonyl (C=O) groups excluding carboxylic acids is 2. The molecule has 2 aromatic carbocycles. The monoisotopic (exact) mass is 393 g/mol. The Labute approximate surface area is 168 Å². The van der Waals surface area contributed by atoms with Crippen LogP contribution in [0.15, 0.2) is 67.4 Å². The second-order valence-electron chi connectivity index (χ2n) is 6.54. The predicted molar refractivity (Wildman–Crippen MR) is 110 cm³/mol. The number of phenols is 1. The third-order valence-corrected chi connectivity index (χ3v) is 4.42. The van der Waals surface area contributed by atoms with Gasteiger partial charge in [0, 0.05) is 30.1 Å². The number of alkyl carbamates (subject to hydrolysis) is 1. The highest BCUT2D eigenvalue weighted by Crippen LogP contribution is 2.24. The molecule has 1 heterocycles. The molecule has 7 nitrogen and oxygen atoms in total. The van der Waals surface area contributed by atoms with Crippen molar-refractivity contribution >= 4 is 22.9 Å². The molecule has 0 aliphatic rings. The normalized spacial score (nSPS) is 11.6. The second kappa shape index (κ2) is 9.45. The Morgan fingerprint density at radius 3 is 2.76 bits per heavy atom. The van der Waals surface area contributed by atoms with E-state index in [-0.39, 0.29) is 31.2 Å². The number of phenolic OH excluding ortho intramolecular Hbond substituents is 1. The minimum Gasteiger partial charge on any atom is -0.508 e. The average Bonchev–Trinajstić information content (AvgIpc) is 3.12. The van der Waals surface area contributed by atoms with Gasteiger partial charge >= 0.3 is 6.09 Å². The Bertz CT molecular complexity index is 998. The summed E-state index contributed by atoms with van der Waals surface area (Å²) in [6, 6.07) is 13.4. The first kappa shape index (κ1) is 20.0. The number of hydrogen-bond donors (Lipinski definition) is 4. The quantitative estimate of drug-likeness (QED) is 0.442. The molecule has 0 aliphatic carbocycles. The maximum absolute atomic E-state index is 12.6. The molecular formula is C22H23N3O4. The van der Waals surface area contributed by atoms with E-state index in [0.717, 1.165) is 22.0 Å². The summed E-state index contributed by atoms with van der Waals surface area (Å²) >= 11 is 0. The number of carbonyl (C=O) groups is 2. The van der Waals surface area contributed by atoms with Gasteiger partial charge in [-0.05, 0) is 29.3 Å². The van der Waals surface area contributed by atoms with Crippen LogP contribution in [0.5, 0.6) is 5.75 Å². The first-order chi connectivity index (χ1) is 14.1. The summed E-state index contributed by atoms with van der Waals surface area (Å²) in [6.07, 6.45) is 2.86. The van der Waals surface area contributed by atoms with Crippen molar-refractivity contribution in [3.05, 3.63) is 78.5 Å². The van der Waals surface area contributed by atoms with Crippen molar-refractivity contribution < 1.29 is 19.4 Å². The van der Waals surface area contributed by atoms with Crippen molar-refractivity contribution in [2.24, 2.45) is 0 Å². The minimum atomic E-state index is -0.848. The summed E-state index contributed by atoms with van der Waals surface area (Å²) in [5.74, 6) is -0.225. The molecule has 0 saturated heterocycles. The van der Waals surface area contributed by atoms with Gasteiger partial charge in [-0.2, -0.15) is 0 Å². The number of nitrogens with one attached hydrogen (secondary N) is 3. The summed E-state index contributed by atoms with van der Waals surface area (Å²) in [5, 5.41) is 15.9. The highest BCUT2D eigenvalue weighted by molar-refractivity contribution is 5.88. The summed E-state index contributed by atoms with van der Waals surface area (Å²) in [7, 11) is 0. The van der Waals surface area contributed by atoms with E-state index < -0.39 is 12.1 Å². The number of amides is 2. The highest BCUT2D eigenvalue weighted by atomic mass is 16.5. The number of fused-ring (bicyclic) bond motifs is 1. The molecule has 0 aliphatic heterocycles. The van der Waals surface area contributed by atoms with Crippen LogP contribution in [0, 0.1) is 0 Å². The van der Waals surface area contributed by atoms with E-state index in [1.54, 1.807) is 30.5 Å². The third-order valence-electron chi connectivity index (χ3n) is 4.42. The Morgan fingerprint density at radius 2 is 2.00 bits per heavy atom. The van der Waals surface area contributed by atoms with Crippen LogP contribution in [-0.4, -0.2) is 34.7 Å². The lowest BCUT2D eigenvalue weighted by Gasteiger charge is -2.18. The molecule has 150 valence electrons. The van der Waals surface area contributed by atoms with Gasteiger partial charge in [0.1, 0.15) is 18.4 Å². The predicted octanol–water partition coefficient (Wildman–Crippen LogP) is 3.01. The van der Waals surface area contributed by atoms with E-state index in [1.165, 1.54) is 0 Å². The fourth-order valence-corrected chi connectivity index (χ4v) is 2.97. The third kappa shape index (κ3) is 5.38. The smallest absolute Gasteiger partial charge is 0.408 e. The van der Waals surface area contributed by atoms with Gasteiger partial charge < -0.3 is 25.5 Å². The van der Waals surface area contributed by atoms with Crippen LogP contribution < -0.4 is 10.6 Å². The summed E-state index contributed by atoms with van der Waals surface area (Å²) in [4.78, 5) is 27.9. The van der Waals surface area contributed by atoms with Gasteiger partial charge in [0.05, 0.1) is 0 Å². The van der Waals surface area contributed by atoms with Crippen molar-refractivity contribution in [2.45, 2.75) is 19.1 Å². The Kier molecular flexibility index (Phi) is 6.52. The van der Waals surface area contributed by atoms with Crippen LogP contribution in [0.25, 0.3) is 10.9 Å². The number of benzene rings is 2. The zero-order chi connectivity index (χ0) is 20.6. The highest BCUT2D eigenvalue weighted by Gasteiger charge is 2.23. The molecule has 4 N–H and O–H groups in total. The van der Waals surface area contributed by atoms with Crippen LogP contribution in [0.2, 0.25) is 0 Å². The van der Waals surface area contributed by atoms with Crippen molar-refractivity contribution in [1.82, 2.24) is 15.6 Å². The van der Waals surface area contributed by atoms with Gasteiger partial charge in [0.25, 0.3) is 0 Å². The number of ether oxygens (including phenoxy) is 1. The number of aromatic nitrogens is 1. The first-order valence-electron chi connectivity index (χ1n) is 9.21. The zero-order valence-corrected chi connectivity index (χ0v) is 15.9. The molecule has 29 heavy (non-hydrogen) atoms. The lowest BCUT2D eigenvalue weighted by molar-refractivity contribution is -0.122. The first-order valence-corrected chi connectivity index (χ1v) is 9.21. The zero-order valence-electron chi connectivity index (χ0n) is 15.9. The maximum atomic E-state index is 12.6. The minimum absolute atomic E-state index is 0.106. The van der Waals surface area contributed by atoms with E-state index in [1.807, 2.05) is 30.3 Å². The lowest BCUT2D eigenvalue weighted by atomic mass is 10.0. The molecule has 0 unspecified atom stereocenters. The molecule has 0 radical (unpaired) electrons. The summed E-state index contributed by atoms with van der Waals surface area (Å²) in [5.41, 5.74) is 2.47. The molecule has 0 bridgehead atoms. The van der Waals surface area contributed by atoms with E-state index in [4.69, 9.17) is 4.74 Å². The van der Waals surface area contributed by atoms with E-state index in [0.29, 0.717) is 0 Å². The molecule has 1 aromatic heterocycles. The number of aromatic hydroxyl groups is 1. The fraction of sp³-hybridized carbons (Fsp3) is 0.182. The lowest BCUT2D eigenvalue weighted by Crippen LogP contribution is -2.48. The molecule has 3 aromatic rings. The van der Waals surface area contributed by atoms with Crippen LogP contribution in [-0.2, 0) is 22.6 Å². The van der Waals surface area contributed by atoms with Crippen LogP contribution in [0.3, 0.4) is 0 Å². The number of rotatable bonds is 8. The van der Waals surface area contributed by atoms with E-state index in [2.05, 4.69) is 22.2 Å². The molecule has 7 heteroatoms. The van der Waals surface area contributed by atoms with Crippen molar-refractivity contribution in [3.8, 4) is 5.75 Å². The Balaban J connectivity index is 1.71. The Morgan fingerprint density at radius 1 is 1.21 bits per heavy atom. The molecule has 0 saturated carbocycles. The second-order valence-corrected chi connectivity index (χ2v) is 6.54. The van der Waals surface area contributed by atoms with Crippen LogP contribution in [0.4, 0.5) is 4.79 Å². The topological polar surface area (TPSA) is 103 Å². The standard InChI is InChI=1S/C22H23N3O4/c1-2-10-23-21(27)20(25-22(28)29-14-15-6-4-3-5-7-15)11-16-13-24-19-9-8-17(26)12-18(16)19/h2-9,12-13,20,24,26H,1,10-11,14H2,(H,23,27)(H,25,28)/t20-/m0/s1. The Hall–Kier alpha value is -3.74. The molecule has 3 rings (SSSR count). The molecular weight excluding hydrogens is 370 g/mol. The van der Waals surface area contributed by atoms with E-state index in [9.17, 15) is 14.7 Å². The molecule has 1 atom stereocenters. The largest absolute Gasteiger partial charge is 0.508 e. The molecule has 0 fully saturated rings. The summed E-state index contributed by atoms with van der Waals surface area (Å²) < 4.78 is 5.24. The molecule has 2 amide bonds. The van der Waals surface area contributed by atoms with Gasteiger partial charge in [-0.1, -0.05) is 36.4 Å². The maximum Gasteiger partial charge on any atom is 0.408 e. The number of H-pyrrole nitrogens is 1. The van der Waals surface area contributed by atoms with Crippen molar-refractivity contribution in [3.63, 3.8) is 0 Å². The van der Waals surface area contributed by atoms with Crippen LogP contribution >= 0.6 is 0 Å². The SMILES string of the molecule is C=CCNC(=O)[C@H](Cc1c[nH]c2ccc(O)cc12)NC(=O)OCc1ccccc1. The fourth-order valence-electron chi connectivity index (χ4n) is 2.97. The van der Waals surface area contributed by atoms with Crippen molar-refractivity contribution in [2.75, 3.05) is 6.54 Å². The van der Waals surface area contributed by atoms with Gasteiger partial charge in [-0.3, -0.25) is 4.79 Å². The van der Waals surface area contributed by atoms with Crippen LogP contribution in [0.1, 0.15) is 11.1 Å². The van der Waals surface area contributed by atoms with Gasteiger partial charge in [-0.25, -0.2) is 4.79 Å². The van der Waals surface area contributed by atoms with Gasteiger partial charge in [0.15, 0.2) is 0 Å².